The van der Waals surface area contributed by atoms with E-state index in [0.717, 1.165) is 12.1 Å². The molecule has 0 saturated heterocycles. The number of anilines is 1. The van der Waals surface area contributed by atoms with Crippen LogP contribution in [0.5, 0.6) is 0 Å². The van der Waals surface area contributed by atoms with E-state index in [9.17, 15) is 18.4 Å². The Bertz CT molecular complexity index is 753. The van der Waals surface area contributed by atoms with Gasteiger partial charge in [0.2, 0.25) is 0 Å². The number of aromatic amines is 1. The Morgan fingerprint density at radius 2 is 1.86 bits per heavy atom. The van der Waals surface area contributed by atoms with Crippen molar-refractivity contribution in [2.45, 2.75) is 13.8 Å². The topological polar surface area (TPSA) is 71.2 Å². The molecule has 0 spiro atoms. The van der Waals surface area contributed by atoms with Gasteiger partial charge in [0.1, 0.15) is 5.69 Å². The lowest BCUT2D eigenvalue weighted by atomic mass is 10.1. The molecule has 1 amide bonds. The highest BCUT2D eigenvalue weighted by Gasteiger charge is 2.22. The number of halogens is 2. The molecule has 0 bridgehead atoms. The van der Waals surface area contributed by atoms with Gasteiger partial charge in [-0.2, -0.15) is 0 Å². The third-order valence-electron chi connectivity index (χ3n) is 3.23. The first-order valence-electron chi connectivity index (χ1n) is 6.39. The molecular formula is C15H14F2N2O3. The van der Waals surface area contributed by atoms with Crippen LogP contribution in [0, 0.1) is 25.5 Å². The van der Waals surface area contributed by atoms with Crippen molar-refractivity contribution in [1.29, 1.82) is 0 Å². The summed E-state index contributed by atoms with van der Waals surface area (Å²) >= 11 is 0. The van der Waals surface area contributed by atoms with Crippen LogP contribution < -0.4 is 5.32 Å². The van der Waals surface area contributed by atoms with Crippen molar-refractivity contribution in [2.24, 2.45) is 0 Å². The number of H-pyrrole nitrogens is 1. The van der Waals surface area contributed by atoms with Gasteiger partial charge < -0.3 is 15.0 Å². The van der Waals surface area contributed by atoms with Crippen molar-refractivity contribution in [1.82, 2.24) is 4.98 Å². The molecular weight excluding hydrogens is 294 g/mol. The van der Waals surface area contributed by atoms with Gasteiger partial charge in [-0.3, -0.25) is 4.79 Å². The minimum absolute atomic E-state index is 0.107. The number of hydrogen-bond acceptors (Lipinski definition) is 3. The summed E-state index contributed by atoms with van der Waals surface area (Å²) in [6.07, 6.45) is 0. The normalized spacial score (nSPS) is 10.4. The lowest BCUT2D eigenvalue weighted by molar-refractivity contribution is 0.0599. The van der Waals surface area contributed by atoms with Crippen LogP contribution in [-0.4, -0.2) is 24.0 Å². The minimum atomic E-state index is -1.06. The second-order valence-electron chi connectivity index (χ2n) is 4.70. The number of nitrogens with one attached hydrogen (secondary N) is 2. The fourth-order valence-electron chi connectivity index (χ4n) is 2.15. The van der Waals surface area contributed by atoms with Gasteiger partial charge in [-0.1, -0.05) is 0 Å². The van der Waals surface area contributed by atoms with Crippen LogP contribution >= 0.6 is 0 Å². The van der Waals surface area contributed by atoms with E-state index in [1.165, 1.54) is 13.2 Å². The highest BCUT2D eigenvalue weighted by molar-refractivity contribution is 6.06. The highest BCUT2D eigenvalue weighted by Crippen LogP contribution is 2.20. The minimum Gasteiger partial charge on any atom is -0.465 e. The molecule has 1 heterocycles. The Balaban J connectivity index is 2.30. The van der Waals surface area contributed by atoms with Gasteiger partial charge in [0, 0.05) is 17.4 Å². The number of methoxy groups -OCH3 is 1. The zero-order chi connectivity index (χ0) is 16.4. The molecule has 0 fully saturated rings. The maximum absolute atomic E-state index is 13.1. The van der Waals surface area contributed by atoms with Crippen molar-refractivity contribution in [3.63, 3.8) is 0 Å². The first kappa shape index (κ1) is 15.7. The van der Waals surface area contributed by atoms with E-state index in [-0.39, 0.29) is 16.9 Å². The first-order chi connectivity index (χ1) is 10.3. The number of benzene rings is 1. The first-order valence-corrected chi connectivity index (χ1v) is 6.39. The average Bonchev–Trinajstić information content (AvgIpc) is 2.77. The predicted molar refractivity (Wildman–Crippen MR) is 75.9 cm³/mol. The molecule has 0 aliphatic rings. The lowest BCUT2D eigenvalue weighted by Gasteiger charge is -2.05. The van der Waals surface area contributed by atoms with Crippen molar-refractivity contribution >= 4 is 17.6 Å². The molecule has 1 aromatic carbocycles. The highest BCUT2D eigenvalue weighted by atomic mass is 19.2. The summed E-state index contributed by atoms with van der Waals surface area (Å²) in [6, 6.07) is 3.03. The maximum atomic E-state index is 13.1. The summed E-state index contributed by atoms with van der Waals surface area (Å²) in [5, 5.41) is 2.44. The van der Waals surface area contributed by atoms with Gasteiger partial charge in [0.15, 0.2) is 11.6 Å². The SMILES string of the molecule is COC(=O)c1c(C)[nH]c(C(=O)Nc2ccc(F)c(F)c2)c1C. The third-order valence-corrected chi connectivity index (χ3v) is 3.23. The molecule has 7 heteroatoms. The second kappa shape index (κ2) is 5.97. The van der Waals surface area contributed by atoms with Crippen LogP contribution in [0.25, 0.3) is 0 Å². The zero-order valence-corrected chi connectivity index (χ0v) is 12.2. The largest absolute Gasteiger partial charge is 0.465 e. The number of aryl methyl sites for hydroxylation is 1. The van der Waals surface area contributed by atoms with Crippen molar-refractivity contribution in [2.75, 3.05) is 12.4 Å². The Morgan fingerprint density at radius 1 is 1.18 bits per heavy atom. The molecule has 22 heavy (non-hydrogen) atoms. The van der Waals surface area contributed by atoms with Crippen molar-refractivity contribution < 1.29 is 23.1 Å². The van der Waals surface area contributed by atoms with Gasteiger partial charge in [-0.25, -0.2) is 13.6 Å². The Labute approximate surface area is 125 Å². The van der Waals surface area contributed by atoms with E-state index in [0.29, 0.717) is 11.3 Å². The average molecular weight is 308 g/mol. The lowest BCUT2D eigenvalue weighted by Crippen LogP contribution is -2.14. The molecule has 0 saturated carbocycles. The van der Waals surface area contributed by atoms with Crippen LogP contribution in [0.4, 0.5) is 14.5 Å². The quantitative estimate of drug-likeness (QED) is 0.856. The monoisotopic (exact) mass is 308 g/mol. The Hall–Kier alpha value is -2.70. The molecule has 2 N–H and O–H groups in total. The Kier molecular flexibility index (Phi) is 4.25. The molecule has 0 aliphatic carbocycles. The number of rotatable bonds is 3. The number of esters is 1. The molecule has 0 unspecified atom stereocenters. The van der Waals surface area contributed by atoms with Crippen molar-refractivity contribution in [3.8, 4) is 0 Å². The zero-order valence-electron chi connectivity index (χ0n) is 12.2. The van der Waals surface area contributed by atoms with Gasteiger partial charge in [-0.15, -0.1) is 0 Å². The van der Waals surface area contributed by atoms with Crippen LogP contribution in [0.3, 0.4) is 0 Å². The predicted octanol–water partition coefficient (Wildman–Crippen LogP) is 2.95. The maximum Gasteiger partial charge on any atom is 0.339 e. The summed E-state index contributed by atoms with van der Waals surface area (Å²) in [5.41, 5.74) is 1.44. The van der Waals surface area contributed by atoms with Crippen LogP contribution in [0.2, 0.25) is 0 Å². The van der Waals surface area contributed by atoms with Gasteiger partial charge in [0.05, 0.1) is 12.7 Å². The van der Waals surface area contributed by atoms with E-state index in [2.05, 4.69) is 15.0 Å². The Morgan fingerprint density at radius 3 is 2.45 bits per heavy atom. The standard InChI is InChI=1S/C15H14F2N2O3/c1-7-12(15(21)22-3)8(2)18-13(7)14(20)19-9-4-5-10(16)11(17)6-9/h4-6,18H,1-3H3,(H,19,20). The number of ether oxygens (including phenoxy) is 1. The summed E-state index contributed by atoms with van der Waals surface area (Å²) in [4.78, 5) is 26.7. The van der Waals surface area contributed by atoms with Gasteiger partial charge in [-0.05, 0) is 31.5 Å². The fraction of sp³-hybridized carbons (Fsp3) is 0.200. The summed E-state index contributed by atoms with van der Waals surface area (Å²) < 4.78 is 30.7. The molecule has 116 valence electrons. The number of carbonyl (C=O) groups is 2. The number of aromatic nitrogens is 1. The number of amides is 1. The smallest absolute Gasteiger partial charge is 0.339 e. The van der Waals surface area contributed by atoms with E-state index in [1.807, 2.05) is 0 Å². The van der Waals surface area contributed by atoms with Crippen LogP contribution in [0.15, 0.2) is 18.2 Å². The third kappa shape index (κ3) is 2.83. The molecule has 0 aliphatic heterocycles. The fourth-order valence-corrected chi connectivity index (χ4v) is 2.15. The summed E-state index contributed by atoms with van der Waals surface area (Å²) in [6.45, 7) is 3.23. The number of carbonyl (C=O) groups excluding carboxylic acids is 2. The molecule has 2 aromatic rings. The number of hydrogen-bond donors (Lipinski definition) is 2. The van der Waals surface area contributed by atoms with Gasteiger partial charge >= 0.3 is 5.97 Å². The molecule has 0 atom stereocenters. The second-order valence-corrected chi connectivity index (χ2v) is 4.70. The molecule has 1 aromatic heterocycles. The van der Waals surface area contributed by atoms with E-state index in [1.54, 1.807) is 13.8 Å². The van der Waals surface area contributed by atoms with Crippen LogP contribution in [-0.2, 0) is 4.74 Å². The van der Waals surface area contributed by atoms with Gasteiger partial charge in [0.25, 0.3) is 5.91 Å². The molecule has 2 rings (SSSR count). The summed E-state index contributed by atoms with van der Waals surface area (Å²) in [5.74, 6) is -3.19. The summed E-state index contributed by atoms with van der Waals surface area (Å²) in [7, 11) is 1.25. The van der Waals surface area contributed by atoms with Crippen LogP contribution in [0.1, 0.15) is 32.1 Å². The molecule has 5 nitrogen and oxygen atoms in total. The van der Waals surface area contributed by atoms with E-state index < -0.39 is 23.5 Å². The van der Waals surface area contributed by atoms with E-state index >= 15 is 0 Å². The van der Waals surface area contributed by atoms with E-state index in [4.69, 9.17) is 0 Å². The molecule has 0 radical (unpaired) electrons. The van der Waals surface area contributed by atoms with Crippen molar-refractivity contribution in [3.05, 3.63) is 52.3 Å².